The Labute approximate surface area is 113 Å². The smallest absolute Gasteiger partial charge is 0.191 e. The molecule has 0 aliphatic rings. The van der Waals surface area contributed by atoms with Crippen LogP contribution < -0.4 is 4.74 Å². The van der Waals surface area contributed by atoms with Crippen LogP contribution in [0.3, 0.4) is 0 Å². The molecule has 0 bridgehead atoms. The standard InChI is InChI=1S/C15H19F2NO/c1-3-4-5-6-7-11(2)19-15-13(16)8-12(10-18)9-14(15)17/h8-9,11H,3-7H2,1-2H3. The fourth-order valence-corrected chi connectivity index (χ4v) is 1.86. The van der Waals surface area contributed by atoms with Gasteiger partial charge in [0.25, 0.3) is 0 Å². The van der Waals surface area contributed by atoms with Gasteiger partial charge in [0, 0.05) is 0 Å². The van der Waals surface area contributed by atoms with Gasteiger partial charge in [-0.05, 0) is 31.9 Å². The molecule has 0 fully saturated rings. The summed E-state index contributed by atoms with van der Waals surface area (Å²) in [7, 11) is 0. The first-order valence-electron chi connectivity index (χ1n) is 6.64. The van der Waals surface area contributed by atoms with Crippen molar-refractivity contribution in [2.45, 2.75) is 52.1 Å². The zero-order chi connectivity index (χ0) is 14.3. The van der Waals surface area contributed by atoms with Gasteiger partial charge in [0.15, 0.2) is 17.4 Å². The maximum Gasteiger partial charge on any atom is 0.191 e. The molecule has 19 heavy (non-hydrogen) atoms. The molecule has 1 aromatic carbocycles. The highest BCUT2D eigenvalue weighted by atomic mass is 19.1. The molecule has 1 unspecified atom stereocenters. The fourth-order valence-electron chi connectivity index (χ4n) is 1.86. The van der Waals surface area contributed by atoms with E-state index in [4.69, 9.17) is 10.00 Å². The van der Waals surface area contributed by atoms with Gasteiger partial charge in [-0.2, -0.15) is 5.26 Å². The van der Waals surface area contributed by atoms with Gasteiger partial charge in [-0.25, -0.2) is 8.78 Å². The predicted molar refractivity (Wildman–Crippen MR) is 69.9 cm³/mol. The highest BCUT2D eigenvalue weighted by molar-refractivity contribution is 5.37. The average molecular weight is 267 g/mol. The van der Waals surface area contributed by atoms with Gasteiger partial charge >= 0.3 is 0 Å². The molecule has 2 nitrogen and oxygen atoms in total. The number of unbranched alkanes of at least 4 members (excludes halogenated alkanes) is 3. The summed E-state index contributed by atoms with van der Waals surface area (Å²) < 4.78 is 32.5. The van der Waals surface area contributed by atoms with Crippen molar-refractivity contribution in [1.82, 2.24) is 0 Å². The molecule has 0 aromatic heterocycles. The minimum Gasteiger partial charge on any atom is -0.485 e. The van der Waals surface area contributed by atoms with Gasteiger partial charge in [0.05, 0.1) is 17.7 Å². The molecule has 104 valence electrons. The van der Waals surface area contributed by atoms with Crippen LogP contribution in [0.25, 0.3) is 0 Å². The number of nitriles is 1. The number of ether oxygens (including phenoxy) is 1. The van der Waals surface area contributed by atoms with E-state index in [0.717, 1.165) is 44.2 Å². The Morgan fingerprint density at radius 2 is 1.84 bits per heavy atom. The monoisotopic (exact) mass is 267 g/mol. The Bertz CT molecular complexity index is 431. The minimum absolute atomic E-state index is 0.0436. The molecule has 0 saturated heterocycles. The Balaban J connectivity index is 2.59. The van der Waals surface area contributed by atoms with Crippen molar-refractivity contribution in [2.75, 3.05) is 0 Å². The Kier molecular flexibility index (Phi) is 6.27. The fraction of sp³-hybridized carbons (Fsp3) is 0.533. The number of nitrogens with zero attached hydrogens (tertiary/aromatic N) is 1. The van der Waals surface area contributed by atoms with Crippen LogP contribution in [0.15, 0.2) is 12.1 Å². The summed E-state index contributed by atoms with van der Waals surface area (Å²) in [6.45, 7) is 3.92. The van der Waals surface area contributed by atoms with E-state index in [1.54, 1.807) is 13.0 Å². The van der Waals surface area contributed by atoms with E-state index in [2.05, 4.69) is 6.92 Å². The third-order valence-corrected chi connectivity index (χ3v) is 2.91. The first-order valence-corrected chi connectivity index (χ1v) is 6.64. The van der Waals surface area contributed by atoms with E-state index in [1.165, 1.54) is 0 Å². The molecule has 0 spiro atoms. The molecule has 0 amide bonds. The number of benzene rings is 1. The van der Waals surface area contributed by atoms with Crippen LogP contribution in [-0.2, 0) is 0 Å². The SMILES string of the molecule is CCCCCCC(C)Oc1c(F)cc(C#N)cc1F. The van der Waals surface area contributed by atoms with Crippen LogP contribution in [-0.4, -0.2) is 6.10 Å². The van der Waals surface area contributed by atoms with Crippen LogP contribution in [0.1, 0.15) is 51.5 Å². The average Bonchev–Trinajstić information content (AvgIpc) is 2.38. The van der Waals surface area contributed by atoms with Crippen LogP contribution in [0.4, 0.5) is 8.78 Å². The van der Waals surface area contributed by atoms with Crippen molar-refractivity contribution in [3.8, 4) is 11.8 Å². The Hall–Kier alpha value is -1.63. The number of rotatable bonds is 7. The van der Waals surface area contributed by atoms with E-state index in [-0.39, 0.29) is 17.4 Å². The van der Waals surface area contributed by atoms with E-state index >= 15 is 0 Å². The van der Waals surface area contributed by atoms with Crippen molar-refractivity contribution < 1.29 is 13.5 Å². The van der Waals surface area contributed by atoms with Gasteiger partial charge in [0.2, 0.25) is 0 Å². The second-order valence-corrected chi connectivity index (χ2v) is 4.66. The van der Waals surface area contributed by atoms with Gasteiger partial charge in [0.1, 0.15) is 0 Å². The molecular formula is C15H19F2NO. The lowest BCUT2D eigenvalue weighted by molar-refractivity contribution is 0.188. The summed E-state index contributed by atoms with van der Waals surface area (Å²) in [5.74, 6) is -2.03. The molecule has 1 atom stereocenters. The third kappa shape index (κ3) is 4.86. The van der Waals surface area contributed by atoms with E-state index in [0.29, 0.717) is 0 Å². The number of halogens is 2. The third-order valence-electron chi connectivity index (χ3n) is 2.91. The summed E-state index contributed by atoms with van der Waals surface area (Å²) in [6.07, 6.45) is 4.91. The molecule has 1 rings (SSSR count). The second-order valence-electron chi connectivity index (χ2n) is 4.66. The molecule has 0 saturated carbocycles. The summed E-state index contributed by atoms with van der Waals surface area (Å²) in [5.41, 5.74) is -0.0436. The molecule has 1 aromatic rings. The summed E-state index contributed by atoms with van der Waals surface area (Å²) in [4.78, 5) is 0. The quantitative estimate of drug-likeness (QED) is 0.678. The molecular weight excluding hydrogens is 248 g/mol. The normalized spacial score (nSPS) is 11.9. The topological polar surface area (TPSA) is 33.0 Å². The first kappa shape index (κ1) is 15.4. The lowest BCUT2D eigenvalue weighted by Gasteiger charge is -2.15. The zero-order valence-electron chi connectivity index (χ0n) is 11.4. The second kappa shape index (κ2) is 7.73. The van der Waals surface area contributed by atoms with Crippen molar-refractivity contribution in [3.63, 3.8) is 0 Å². The van der Waals surface area contributed by atoms with Crippen molar-refractivity contribution in [2.24, 2.45) is 0 Å². The Morgan fingerprint density at radius 3 is 2.37 bits per heavy atom. The maximum atomic E-state index is 13.6. The van der Waals surface area contributed by atoms with Gasteiger partial charge in [-0.3, -0.25) is 0 Å². The van der Waals surface area contributed by atoms with Crippen LogP contribution >= 0.6 is 0 Å². The molecule has 0 radical (unpaired) electrons. The maximum absolute atomic E-state index is 13.6. The largest absolute Gasteiger partial charge is 0.485 e. The molecule has 4 heteroatoms. The van der Waals surface area contributed by atoms with E-state index in [1.807, 2.05) is 0 Å². The van der Waals surface area contributed by atoms with Crippen molar-refractivity contribution >= 4 is 0 Å². The lowest BCUT2D eigenvalue weighted by atomic mass is 10.1. The van der Waals surface area contributed by atoms with Gasteiger partial charge in [-0.1, -0.05) is 26.2 Å². The first-order chi connectivity index (χ1) is 9.08. The number of hydrogen-bond acceptors (Lipinski definition) is 2. The lowest BCUT2D eigenvalue weighted by Crippen LogP contribution is -2.13. The molecule has 0 heterocycles. The molecule has 0 aliphatic carbocycles. The van der Waals surface area contributed by atoms with Crippen molar-refractivity contribution in [1.29, 1.82) is 5.26 Å². The van der Waals surface area contributed by atoms with E-state index < -0.39 is 11.6 Å². The highest BCUT2D eigenvalue weighted by Gasteiger charge is 2.15. The molecule has 0 aliphatic heterocycles. The zero-order valence-corrected chi connectivity index (χ0v) is 11.4. The summed E-state index contributed by atoms with van der Waals surface area (Å²) in [6, 6.07) is 3.68. The van der Waals surface area contributed by atoms with Crippen molar-refractivity contribution in [3.05, 3.63) is 29.3 Å². The van der Waals surface area contributed by atoms with Crippen LogP contribution in [0, 0.1) is 23.0 Å². The summed E-state index contributed by atoms with van der Waals surface area (Å²) in [5, 5.41) is 8.60. The Morgan fingerprint density at radius 1 is 1.21 bits per heavy atom. The summed E-state index contributed by atoms with van der Waals surface area (Å²) >= 11 is 0. The molecule has 0 N–H and O–H groups in total. The van der Waals surface area contributed by atoms with Crippen LogP contribution in [0.2, 0.25) is 0 Å². The van der Waals surface area contributed by atoms with E-state index in [9.17, 15) is 8.78 Å². The van der Waals surface area contributed by atoms with Gasteiger partial charge in [-0.15, -0.1) is 0 Å². The minimum atomic E-state index is -0.822. The van der Waals surface area contributed by atoms with Crippen LogP contribution in [0.5, 0.6) is 5.75 Å². The number of hydrogen-bond donors (Lipinski definition) is 0. The predicted octanol–water partition coefficient (Wildman–Crippen LogP) is 4.57. The van der Waals surface area contributed by atoms with Gasteiger partial charge < -0.3 is 4.74 Å². The highest BCUT2D eigenvalue weighted by Crippen LogP contribution is 2.25.